The fourth-order valence-corrected chi connectivity index (χ4v) is 2.22. The van der Waals surface area contributed by atoms with E-state index in [1.54, 1.807) is 24.3 Å². The van der Waals surface area contributed by atoms with Crippen molar-refractivity contribution in [2.24, 2.45) is 0 Å². The molecule has 0 aliphatic rings. The van der Waals surface area contributed by atoms with E-state index in [-0.39, 0.29) is 12.3 Å². The maximum Gasteiger partial charge on any atom is 0.337 e. The average Bonchev–Trinajstić information content (AvgIpc) is 2.61. The Bertz CT molecular complexity index is 769. The minimum Gasteiger partial charge on any atom is -0.465 e. The molecule has 2 amide bonds. The molecular formula is C19H20N2O4. The third-order valence-corrected chi connectivity index (χ3v) is 3.65. The molecule has 25 heavy (non-hydrogen) atoms. The molecule has 0 bridgehead atoms. The second-order valence-electron chi connectivity index (χ2n) is 5.50. The lowest BCUT2D eigenvalue weighted by Gasteiger charge is -2.09. The molecule has 0 aromatic heterocycles. The normalized spacial score (nSPS) is 10.0. The topological polar surface area (TPSA) is 84.5 Å². The highest BCUT2D eigenvalue weighted by atomic mass is 16.5. The predicted molar refractivity (Wildman–Crippen MR) is 94.1 cm³/mol. The molecule has 2 N–H and O–H groups in total. The number of methoxy groups -OCH3 is 1. The van der Waals surface area contributed by atoms with E-state index >= 15 is 0 Å². The van der Waals surface area contributed by atoms with Gasteiger partial charge in [0, 0.05) is 12.2 Å². The average molecular weight is 340 g/mol. The van der Waals surface area contributed by atoms with Crippen LogP contribution >= 0.6 is 0 Å². The summed E-state index contributed by atoms with van der Waals surface area (Å²) in [6.07, 6.45) is -0.273. The third kappa shape index (κ3) is 5.46. The quantitative estimate of drug-likeness (QED) is 0.625. The minimum atomic E-state index is -0.451. The number of amides is 2. The first-order valence-corrected chi connectivity index (χ1v) is 7.79. The summed E-state index contributed by atoms with van der Waals surface area (Å²) in [7, 11) is 1.30. The first-order valence-electron chi connectivity index (χ1n) is 7.79. The zero-order chi connectivity index (χ0) is 18.2. The molecule has 0 atom stereocenters. The Morgan fingerprint density at radius 1 is 0.960 bits per heavy atom. The summed E-state index contributed by atoms with van der Waals surface area (Å²) in [6, 6.07) is 14.0. The van der Waals surface area contributed by atoms with Crippen LogP contribution in [0.25, 0.3) is 0 Å². The van der Waals surface area contributed by atoms with Crippen LogP contribution in [0.15, 0.2) is 48.5 Å². The van der Waals surface area contributed by atoms with E-state index in [1.807, 2.05) is 31.2 Å². The summed E-state index contributed by atoms with van der Waals surface area (Å²) < 4.78 is 4.60. The molecule has 0 saturated heterocycles. The molecule has 2 aromatic carbocycles. The van der Waals surface area contributed by atoms with E-state index in [9.17, 15) is 14.4 Å². The first-order chi connectivity index (χ1) is 12.0. The second-order valence-corrected chi connectivity index (χ2v) is 5.50. The molecule has 6 heteroatoms. The number of ether oxygens (including phenoxy) is 1. The summed E-state index contributed by atoms with van der Waals surface area (Å²) in [5, 5.41) is 5.34. The van der Waals surface area contributed by atoms with Crippen molar-refractivity contribution in [3.63, 3.8) is 0 Å². The Hall–Kier alpha value is -3.15. The lowest BCUT2D eigenvalue weighted by Crippen LogP contribution is -2.28. The Kier molecular flexibility index (Phi) is 6.28. The van der Waals surface area contributed by atoms with Crippen molar-refractivity contribution in [2.75, 3.05) is 12.4 Å². The van der Waals surface area contributed by atoms with Gasteiger partial charge in [-0.2, -0.15) is 0 Å². The van der Waals surface area contributed by atoms with Gasteiger partial charge in [-0.15, -0.1) is 0 Å². The van der Waals surface area contributed by atoms with Crippen molar-refractivity contribution >= 4 is 23.5 Å². The summed E-state index contributed by atoms with van der Waals surface area (Å²) in [5.41, 5.74) is 2.98. The van der Waals surface area contributed by atoms with Crippen LogP contribution in [0.5, 0.6) is 0 Å². The van der Waals surface area contributed by atoms with Crippen LogP contribution in [0.1, 0.15) is 27.9 Å². The third-order valence-electron chi connectivity index (χ3n) is 3.65. The van der Waals surface area contributed by atoms with Crippen LogP contribution < -0.4 is 10.6 Å². The van der Waals surface area contributed by atoms with Crippen LogP contribution in [-0.4, -0.2) is 24.9 Å². The zero-order valence-corrected chi connectivity index (χ0v) is 14.2. The molecule has 0 unspecified atom stereocenters. The summed E-state index contributed by atoms with van der Waals surface area (Å²) in [5.74, 6) is -1.23. The van der Waals surface area contributed by atoms with Gasteiger partial charge in [0.15, 0.2) is 0 Å². The lowest BCUT2D eigenvalue weighted by atomic mass is 10.1. The van der Waals surface area contributed by atoms with Crippen LogP contribution in [0.4, 0.5) is 5.69 Å². The van der Waals surface area contributed by atoms with E-state index in [4.69, 9.17) is 0 Å². The number of anilines is 1. The monoisotopic (exact) mass is 340 g/mol. The summed E-state index contributed by atoms with van der Waals surface area (Å²) in [6.45, 7) is 2.35. The lowest BCUT2D eigenvalue weighted by molar-refractivity contribution is -0.126. The largest absolute Gasteiger partial charge is 0.465 e. The van der Waals surface area contributed by atoms with Crippen molar-refractivity contribution in [1.29, 1.82) is 0 Å². The summed E-state index contributed by atoms with van der Waals surface area (Å²) in [4.78, 5) is 35.1. The molecule has 2 aromatic rings. The van der Waals surface area contributed by atoms with Crippen LogP contribution in [0.3, 0.4) is 0 Å². The number of aryl methyl sites for hydroxylation is 1. The van der Waals surface area contributed by atoms with E-state index in [0.29, 0.717) is 17.8 Å². The van der Waals surface area contributed by atoms with E-state index in [1.165, 1.54) is 7.11 Å². The highest BCUT2D eigenvalue weighted by Crippen LogP contribution is 2.11. The van der Waals surface area contributed by atoms with E-state index in [2.05, 4.69) is 15.4 Å². The maximum atomic E-state index is 11.9. The first kappa shape index (κ1) is 18.2. The Morgan fingerprint density at radius 3 is 2.28 bits per heavy atom. The van der Waals surface area contributed by atoms with Crippen molar-refractivity contribution in [3.8, 4) is 0 Å². The molecule has 0 aliphatic heterocycles. The van der Waals surface area contributed by atoms with Gasteiger partial charge in [-0.25, -0.2) is 4.79 Å². The molecule has 0 saturated carbocycles. The second kappa shape index (κ2) is 8.63. The smallest absolute Gasteiger partial charge is 0.337 e. The SMILES string of the molecule is COC(=O)c1ccc(NC(=O)CC(=O)NCc2ccccc2C)cc1. The number of rotatable bonds is 6. The van der Waals surface area contributed by atoms with Crippen LogP contribution in [0, 0.1) is 6.92 Å². The van der Waals surface area contributed by atoms with Gasteiger partial charge in [0.1, 0.15) is 6.42 Å². The van der Waals surface area contributed by atoms with Crippen molar-refractivity contribution in [2.45, 2.75) is 19.9 Å². The molecule has 0 spiro atoms. The summed E-state index contributed by atoms with van der Waals surface area (Å²) >= 11 is 0. The molecular weight excluding hydrogens is 320 g/mol. The molecule has 0 aliphatic carbocycles. The number of carbonyl (C=O) groups is 3. The molecule has 130 valence electrons. The Balaban J connectivity index is 1.82. The van der Waals surface area contributed by atoms with Gasteiger partial charge in [-0.05, 0) is 42.3 Å². The van der Waals surface area contributed by atoms with Gasteiger partial charge in [0.2, 0.25) is 11.8 Å². The van der Waals surface area contributed by atoms with Gasteiger partial charge < -0.3 is 15.4 Å². The fourth-order valence-electron chi connectivity index (χ4n) is 2.22. The van der Waals surface area contributed by atoms with E-state index in [0.717, 1.165) is 11.1 Å². The number of nitrogens with one attached hydrogen (secondary N) is 2. The highest BCUT2D eigenvalue weighted by molar-refractivity contribution is 6.03. The molecule has 0 fully saturated rings. The van der Waals surface area contributed by atoms with Crippen LogP contribution in [-0.2, 0) is 20.9 Å². The van der Waals surface area contributed by atoms with Gasteiger partial charge in [0.25, 0.3) is 0 Å². The Morgan fingerprint density at radius 2 is 1.64 bits per heavy atom. The van der Waals surface area contributed by atoms with Crippen molar-refractivity contribution < 1.29 is 19.1 Å². The Labute approximate surface area is 146 Å². The molecule has 0 heterocycles. The number of hydrogen-bond donors (Lipinski definition) is 2. The number of benzene rings is 2. The highest BCUT2D eigenvalue weighted by Gasteiger charge is 2.11. The van der Waals surface area contributed by atoms with Crippen molar-refractivity contribution in [1.82, 2.24) is 5.32 Å². The predicted octanol–water partition coefficient (Wildman–Crippen LogP) is 2.43. The van der Waals surface area contributed by atoms with Gasteiger partial charge in [-0.3, -0.25) is 9.59 Å². The fraction of sp³-hybridized carbons (Fsp3) is 0.211. The van der Waals surface area contributed by atoms with E-state index < -0.39 is 11.9 Å². The van der Waals surface area contributed by atoms with Crippen LogP contribution in [0.2, 0.25) is 0 Å². The van der Waals surface area contributed by atoms with Gasteiger partial charge >= 0.3 is 5.97 Å². The molecule has 0 radical (unpaired) electrons. The van der Waals surface area contributed by atoms with Gasteiger partial charge in [-0.1, -0.05) is 24.3 Å². The number of carbonyl (C=O) groups excluding carboxylic acids is 3. The zero-order valence-electron chi connectivity index (χ0n) is 14.2. The molecule has 6 nitrogen and oxygen atoms in total. The number of hydrogen-bond acceptors (Lipinski definition) is 4. The van der Waals surface area contributed by atoms with Crippen molar-refractivity contribution in [3.05, 3.63) is 65.2 Å². The molecule has 2 rings (SSSR count). The minimum absolute atomic E-state index is 0.273. The standard InChI is InChI=1S/C19H20N2O4/c1-13-5-3-4-6-15(13)12-20-17(22)11-18(23)21-16-9-7-14(8-10-16)19(24)25-2/h3-10H,11-12H2,1-2H3,(H,20,22)(H,21,23). The van der Waals surface area contributed by atoms with Gasteiger partial charge in [0.05, 0.1) is 12.7 Å². The maximum absolute atomic E-state index is 11.9. The number of esters is 1.